The molecule has 0 amide bonds. The van der Waals surface area contributed by atoms with Crippen LogP contribution in [0.4, 0.5) is 20.2 Å². The molecule has 0 N–H and O–H groups in total. The second kappa shape index (κ2) is 10.0. The molecule has 184 valence electrons. The number of nitrogens with zero attached hydrogens (tertiary/aromatic N) is 1. The van der Waals surface area contributed by atoms with Crippen molar-refractivity contribution in [3.05, 3.63) is 133 Å². The zero-order valence-corrected chi connectivity index (χ0v) is 21.3. The van der Waals surface area contributed by atoms with Crippen molar-refractivity contribution in [2.45, 2.75) is 26.3 Å². The molecule has 0 aliphatic heterocycles. The van der Waals surface area contributed by atoms with Gasteiger partial charge in [0.2, 0.25) is 0 Å². The second-order valence-corrected chi connectivity index (χ2v) is 10.1. The molecule has 5 rings (SSSR count). The van der Waals surface area contributed by atoms with Crippen molar-refractivity contribution in [1.82, 2.24) is 0 Å². The highest BCUT2D eigenvalue weighted by molar-refractivity contribution is 5.88. The predicted molar refractivity (Wildman–Crippen MR) is 151 cm³/mol. The molecule has 0 heterocycles. The van der Waals surface area contributed by atoms with Gasteiger partial charge in [-0.2, -0.15) is 0 Å². The molecule has 0 saturated heterocycles. The van der Waals surface area contributed by atoms with Gasteiger partial charge < -0.3 is 4.90 Å². The number of hydrogen-bond donors (Lipinski definition) is 0. The molecular formula is C34H29F2N. The minimum absolute atomic E-state index is 0.338. The highest BCUT2D eigenvalue weighted by Crippen LogP contribution is 2.44. The van der Waals surface area contributed by atoms with Crippen LogP contribution in [0.5, 0.6) is 0 Å². The van der Waals surface area contributed by atoms with Crippen molar-refractivity contribution < 1.29 is 8.78 Å². The number of para-hydroxylation sites is 1. The standard InChI is InChI=1S/C34H29F2N/c1-34(2,3)37(32-20-11-10-19-30(32)35)33-29(25-15-8-5-9-16-25)22-28(23-31(33)36)27-18-12-17-26(21-27)24-13-6-4-7-14-24/h4-23H,1-3H3. The summed E-state index contributed by atoms with van der Waals surface area (Å²) < 4.78 is 31.4. The molecular weight excluding hydrogens is 460 g/mol. The minimum atomic E-state index is -0.596. The van der Waals surface area contributed by atoms with Crippen LogP contribution in [0.1, 0.15) is 20.8 Å². The van der Waals surface area contributed by atoms with Crippen molar-refractivity contribution in [2.75, 3.05) is 4.90 Å². The highest BCUT2D eigenvalue weighted by Gasteiger charge is 2.31. The molecule has 5 aromatic carbocycles. The molecule has 0 spiro atoms. The molecule has 0 aliphatic carbocycles. The summed E-state index contributed by atoms with van der Waals surface area (Å²) in [4.78, 5) is 1.77. The first-order valence-electron chi connectivity index (χ1n) is 12.4. The summed E-state index contributed by atoms with van der Waals surface area (Å²) in [6, 6.07) is 38.1. The van der Waals surface area contributed by atoms with E-state index in [1.807, 2.05) is 87.5 Å². The first-order valence-corrected chi connectivity index (χ1v) is 12.4. The lowest BCUT2D eigenvalue weighted by Gasteiger charge is -2.39. The van der Waals surface area contributed by atoms with E-state index in [0.29, 0.717) is 16.9 Å². The van der Waals surface area contributed by atoms with E-state index in [-0.39, 0.29) is 0 Å². The van der Waals surface area contributed by atoms with Crippen LogP contribution in [0.25, 0.3) is 33.4 Å². The van der Waals surface area contributed by atoms with Crippen molar-refractivity contribution in [3.8, 4) is 33.4 Å². The summed E-state index contributed by atoms with van der Waals surface area (Å²) in [6.45, 7) is 5.89. The van der Waals surface area contributed by atoms with Crippen molar-refractivity contribution in [2.24, 2.45) is 0 Å². The first-order chi connectivity index (χ1) is 17.8. The first kappa shape index (κ1) is 24.5. The fourth-order valence-electron chi connectivity index (χ4n) is 4.79. The number of hydrogen-bond acceptors (Lipinski definition) is 1. The van der Waals surface area contributed by atoms with E-state index in [0.717, 1.165) is 27.8 Å². The van der Waals surface area contributed by atoms with Crippen molar-refractivity contribution in [1.29, 1.82) is 0 Å². The Morgan fingerprint density at radius 2 is 1.03 bits per heavy atom. The van der Waals surface area contributed by atoms with E-state index < -0.39 is 17.2 Å². The normalized spacial score (nSPS) is 11.4. The Hall–Kier alpha value is -4.24. The Kier molecular flexibility index (Phi) is 6.62. The summed E-state index contributed by atoms with van der Waals surface area (Å²) in [5.74, 6) is -0.796. The molecule has 5 aromatic rings. The summed E-state index contributed by atoms with van der Waals surface area (Å²) >= 11 is 0. The predicted octanol–water partition coefficient (Wildman–Crippen LogP) is 9.90. The van der Waals surface area contributed by atoms with Gasteiger partial charge in [0.25, 0.3) is 0 Å². The van der Waals surface area contributed by atoms with Crippen LogP contribution in [-0.2, 0) is 0 Å². The number of benzene rings is 5. The fraction of sp³-hybridized carbons (Fsp3) is 0.118. The van der Waals surface area contributed by atoms with Gasteiger partial charge in [0, 0.05) is 11.1 Å². The van der Waals surface area contributed by atoms with Gasteiger partial charge in [0.05, 0.1) is 11.4 Å². The third-order valence-corrected chi connectivity index (χ3v) is 6.44. The van der Waals surface area contributed by atoms with Gasteiger partial charge in [-0.15, -0.1) is 0 Å². The molecule has 0 bridgehead atoms. The molecule has 37 heavy (non-hydrogen) atoms. The number of halogens is 2. The van der Waals surface area contributed by atoms with Gasteiger partial charge in [0.1, 0.15) is 11.6 Å². The summed E-state index contributed by atoms with van der Waals surface area (Å²) in [5.41, 5.74) is 5.51. The molecule has 0 fully saturated rings. The fourth-order valence-corrected chi connectivity index (χ4v) is 4.79. The maximum atomic E-state index is 16.3. The minimum Gasteiger partial charge on any atom is -0.331 e. The third-order valence-electron chi connectivity index (χ3n) is 6.44. The van der Waals surface area contributed by atoms with Gasteiger partial charge in [-0.05, 0) is 78.9 Å². The van der Waals surface area contributed by atoms with E-state index in [1.54, 1.807) is 29.2 Å². The summed E-state index contributed by atoms with van der Waals surface area (Å²) in [6.07, 6.45) is 0. The van der Waals surface area contributed by atoms with E-state index in [1.165, 1.54) is 6.07 Å². The van der Waals surface area contributed by atoms with Crippen LogP contribution in [0.15, 0.2) is 121 Å². The van der Waals surface area contributed by atoms with Gasteiger partial charge >= 0.3 is 0 Å². The highest BCUT2D eigenvalue weighted by atomic mass is 19.1. The summed E-state index contributed by atoms with van der Waals surface area (Å²) in [5, 5.41) is 0. The molecule has 0 unspecified atom stereocenters. The monoisotopic (exact) mass is 489 g/mol. The number of rotatable bonds is 5. The maximum absolute atomic E-state index is 16.3. The maximum Gasteiger partial charge on any atom is 0.148 e. The lowest BCUT2D eigenvalue weighted by atomic mass is 9.92. The topological polar surface area (TPSA) is 3.24 Å². The molecule has 0 radical (unpaired) electrons. The van der Waals surface area contributed by atoms with Gasteiger partial charge in [-0.25, -0.2) is 8.78 Å². The molecule has 0 aliphatic rings. The zero-order valence-electron chi connectivity index (χ0n) is 21.3. The Labute approximate surface area is 217 Å². The van der Waals surface area contributed by atoms with E-state index >= 15 is 8.78 Å². The smallest absolute Gasteiger partial charge is 0.148 e. The lowest BCUT2D eigenvalue weighted by Crippen LogP contribution is -2.39. The number of anilines is 2. The average Bonchev–Trinajstić information content (AvgIpc) is 2.91. The van der Waals surface area contributed by atoms with E-state index in [2.05, 4.69) is 24.3 Å². The average molecular weight is 490 g/mol. The second-order valence-electron chi connectivity index (χ2n) is 10.1. The molecule has 0 saturated carbocycles. The van der Waals surface area contributed by atoms with Crippen LogP contribution < -0.4 is 4.90 Å². The summed E-state index contributed by atoms with van der Waals surface area (Å²) in [7, 11) is 0. The van der Waals surface area contributed by atoms with Gasteiger partial charge in [0.15, 0.2) is 0 Å². The van der Waals surface area contributed by atoms with Crippen molar-refractivity contribution in [3.63, 3.8) is 0 Å². The Morgan fingerprint density at radius 1 is 0.486 bits per heavy atom. The SMILES string of the molecule is CC(C)(C)N(c1ccccc1F)c1c(F)cc(-c2cccc(-c3ccccc3)c2)cc1-c1ccccc1. The van der Waals surface area contributed by atoms with Gasteiger partial charge in [-0.3, -0.25) is 0 Å². The molecule has 0 aromatic heterocycles. The van der Waals surface area contributed by atoms with Crippen LogP contribution >= 0.6 is 0 Å². The van der Waals surface area contributed by atoms with Gasteiger partial charge in [-0.1, -0.05) is 91.0 Å². The van der Waals surface area contributed by atoms with Crippen LogP contribution in [-0.4, -0.2) is 5.54 Å². The van der Waals surface area contributed by atoms with E-state index in [4.69, 9.17) is 0 Å². The van der Waals surface area contributed by atoms with Crippen molar-refractivity contribution >= 4 is 11.4 Å². The zero-order chi connectivity index (χ0) is 26.0. The Balaban J connectivity index is 1.74. The molecule has 3 heteroatoms. The largest absolute Gasteiger partial charge is 0.331 e. The Bertz CT molecular complexity index is 1520. The van der Waals surface area contributed by atoms with Crippen LogP contribution in [0.2, 0.25) is 0 Å². The van der Waals surface area contributed by atoms with Crippen LogP contribution in [0.3, 0.4) is 0 Å². The Morgan fingerprint density at radius 3 is 1.65 bits per heavy atom. The van der Waals surface area contributed by atoms with Crippen LogP contribution in [0, 0.1) is 11.6 Å². The van der Waals surface area contributed by atoms with E-state index in [9.17, 15) is 0 Å². The lowest BCUT2D eigenvalue weighted by molar-refractivity contribution is 0.527. The molecule has 0 atom stereocenters. The third kappa shape index (κ3) is 5.03. The molecule has 1 nitrogen and oxygen atoms in total. The quantitative estimate of drug-likeness (QED) is 0.237.